The van der Waals surface area contributed by atoms with Crippen molar-refractivity contribution in [2.24, 2.45) is 0 Å². The largest absolute Gasteiger partial charge is 0.397 e. The van der Waals surface area contributed by atoms with Crippen LogP contribution in [0.25, 0.3) is 0 Å². The number of carbonyl (C=O) groups excluding carboxylic acids is 1. The standard InChI is InChI=1S/C16H26N4O/c1-18(2)13-6-5-9-20(11-13)15-8-7-12(10-14(15)17)16(21)19(3)4/h7-8,10,13H,5-6,9,11,17H2,1-4H3. The van der Waals surface area contributed by atoms with Crippen LogP contribution in [0.5, 0.6) is 0 Å². The summed E-state index contributed by atoms with van der Waals surface area (Å²) in [7, 11) is 7.74. The molecule has 1 saturated heterocycles. The highest BCUT2D eigenvalue weighted by Gasteiger charge is 2.23. The van der Waals surface area contributed by atoms with Gasteiger partial charge in [-0.15, -0.1) is 0 Å². The van der Waals surface area contributed by atoms with Crippen molar-refractivity contribution < 1.29 is 4.79 Å². The first-order valence-corrected chi connectivity index (χ1v) is 7.42. The molecule has 0 bridgehead atoms. The van der Waals surface area contributed by atoms with Gasteiger partial charge in [-0.25, -0.2) is 0 Å². The van der Waals surface area contributed by atoms with Crippen LogP contribution >= 0.6 is 0 Å². The van der Waals surface area contributed by atoms with Gasteiger partial charge >= 0.3 is 0 Å². The molecule has 1 aromatic carbocycles. The van der Waals surface area contributed by atoms with E-state index in [-0.39, 0.29) is 5.91 Å². The third kappa shape index (κ3) is 3.47. The number of hydrogen-bond donors (Lipinski definition) is 1. The van der Waals surface area contributed by atoms with Gasteiger partial charge in [0.1, 0.15) is 0 Å². The van der Waals surface area contributed by atoms with Gasteiger partial charge in [0.05, 0.1) is 11.4 Å². The zero-order valence-corrected chi connectivity index (χ0v) is 13.5. The molecule has 5 nitrogen and oxygen atoms in total. The Hall–Kier alpha value is -1.75. The highest BCUT2D eigenvalue weighted by molar-refractivity contribution is 5.95. The van der Waals surface area contributed by atoms with E-state index in [0.29, 0.717) is 17.3 Å². The average molecular weight is 290 g/mol. The number of benzene rings is 1. The van der Waals surface area contributed by atoms with Gasteiger partial charge in [-0.2, -0.15) is 0 Å². The lowest BCUT2D eigenvalue weighted by Crippen LogP contribution is -2.45. The number of rotatable bonds is 3. The van der Waals surface area contributed by atoms with Gasteiger partial charge in [0.15, 0.2) is 0 Å². The topological polar surface area (TPSA) is 52.8 Å². The fraction of sp³-hybridized carbons (Fsp3) is 0.562. The van der Waals surface area contributed by atoms with E-state index in [4.69, 9.17) is 5.73 Å². The summed E-state index contributed by atoms with van der Waals surface area (Å²) in [5.41, 5.74) is 8.55. The molecule has 0 aromatic heterocycles. The molecule has 1 unspecified atom stereocenters. The molecule has 0 saturated carbocycles. The molecular weight excluding hydrogens is 264 g/mol. The van der Waals surface area contributed by atoms with Crippen molar-refractivity contribution in [3.8, 4) is 0 Å². The Bertz CT molecular complexity index is 513. The minimum atomic E-state index is -0.0157. The average Bonchev–Trinajstić information content (AvgIpc) is 2.46. The molecule has 5 heteroatoms. The van der Waals surface area contributed by atoms with Gasteiger partial charge in [0.2, 0.25) is 0 Å². The summed E-state index contributed by atoms with van der Waals surface area (Å²) in [6.45, 7) is 2.01. The van der Waals surface area contributed by atoms with Crippen molar-refractivity contribution in [2.75, 3.05) is 51.9 Å². The molecule has 1 amide bonds. The monoisotopic (exact) mass is 290 g/mol. The molecular formula is C16H26N4O. The van der Waals surface area contributed by atoms with Crippen LogP contribution in [0.3, 0.4) is 0 Å². The highest BCUT2D eigenvalue weighted by Crippen LogP contribution is 2.28. The minimum absolute atomic E-state index is 0.0157. The number of anilines is 2. The minimum Gasteiger partial charge on any atom is -0.397 e. The van der Waals surface area contributed by atoms with Gasteiger partial charge in [-0.1, -0.05) is 0 Å². The van der Waals surface area contributed by atoms with Crippen molar-refractivity contribution in [1.29, 1.82) is 0 Å². The molecule has 116 valence electrons. The lowest BCUT2D eigenvalue weighted by atomic mass is 10.0. The van der Waals surface area contributed by atoms with Crippen LogP contribution in [-0.2, 0) is 0 Å². The second-order valence-corrected chi connectivity index (χ2v) is 6.18. The number of hydrogen-bond acceptors (Lipinski definition) is 4. The van der Waals surface area contributed by atoms with Crippen LogP contribution in [0.2, 0.25) is 0 Å². The second kappa shape index (κ2) is 6.35. The fourth-order valence-electron chi connectivity index (χ4n) is 2.83. The van der Waals surface area contributed by atoms with Gasteiger partial charge in [-0.3, -0.25) is 4.79 Å². The van der Waals surface area contributed by atoms with Crippen LogP contribution in [-0.4, -0.2) is 63.0 Å². The van der Waals surface area contributed by atoms with E-state index < -0.39 is 0 Å². The van der Waals surface area contributed by atoms with Crippen molar-refractivity contribution in [2.45, 2.75) is 18.9 Å². The number of likely N-dealkylation sites (N-methyl/N-ethyl adjacent to an activating group) is 1. The Kier molecular flexibility index (Phi) is 4.73. The number of piperidine rings is 1. The van der Waals surface area contributed by atoms with Crippen molar-refractivity contribution >= 4 is 17.3 Å². The first kappa shape index (κ1) is 15.6. The normalized spacial score (nSPS) is 18.9. The van der Waals surface area contributed by atoms with Crippen molar-refractivity contribution in [1.82, 2.24) is 9.80 Å². The van der Waals surface area contributed by atoms with Crippen LogP contribution in [0.15, 0.2) is 18.2 Å². The predicted molar refractivity (Wildman–Crippen MR) is 87.8 cm³/mol. The highest BCUT2D eigenvalue weighted by atomic mass is 16.2. The first-order chi connectivity index (χ1) is 9.90. The van der Waals surface area contributed by atoms with E-state index in [1.807, 2.05) is 12.1 Å². The summed E-state index contributed by atoms with van der Waals surface area (Å²) in [4.78, 5) is 18.1. The zero-order valence-electron chi connectivity index (χ0n) is 13.5. The molecule has 1 aliphatic heterocycles. The molecule has 1 heterocycles. The Balaban J connectivity index is 2.19. The van der Waals surface area contributed by atoms with Crippen molar-refractivity contribution in [3.63, 3.8) is 0 Å². The van der Waals surface area contributed by atoms with E-state index >= 15 is 0 Å². The van der Waals surface area contributed by atoms with E-state index in [9.17, 15) is 4.79 Å². The summed E-state index contributed by atoms with van der Waals surface area (Å²) >= 11 is 0. The van der Waals surface area contributed by atoms with E-state index in [2.05, 4.69) is 23.9 Å². The molecule has 1 aliphatic rings. The van der Waals surface area contributed by atoms with E-state index in [1.54, 1.807) is 25.1 Å². The number of amides is 1. The maximum atomic E-state index is 12.0. The Morgan fingerprint density at radius 1 is 1.29 bits per heavy atom. The molecule has 2 rings (SSSR count). The maximum Gasteiger partial charge on any atom is 0.253 e. The van der Waals surface area contributed by atoms with Crippen LogP contribution < -0.4 is 10.6 Å². The summed E-state index contributed by atoms with van der Waals surface area (Å²) in [5, 5.41) is 0. The molecule has 0 radical (unpaired) electrons. The Morgan fingerprint density at radius 3 is 2.57 bits per heavy atom. The molecule has 0 spiro atoms. The number of nitrogen functional groups attached to an aromatic ring is 1. The van der Waals surface area contributed by atoms with Gasteiger partial charge in [-0.05, 0) is 45.1 Å². The third-order valence-corrected chi connectivity index (χ3v) is 4.15. The summed E-state index contributed by atoms with van der Waals surface area (Å²) < 4.78 is 0. The molecule has 2 N–H and O–H groups in total. The lowest BCUT2D eigenvalue weighted by Gasteiger charge is -2.38. The number of carbonyl (C=O) groups is 1. The number of nitrogens with two attached hydrogens (primary N) is 1. The summed E-state index contributed by atoms with van der Waals surface area (Å²) in [6.07, 6.45) is 2.39. The van der Waals surface area contributed by atoms with E-state index in [1.165, 1.54) is 12.8 Å². The Morgan fingerprint density at radius 2 is 2.00 bits per heavy atom. The van der Waals surface area contributed by atoms with Gasteiger partial charge in [0, 0.05) is 38.8 Å². The molecule has 0 aliphatic carbocycles. The zero-order chi connectivity index (χ0) is 15.6. The van der Waals surface area contributed by atoms with Crippen LogP contribution in [0.1, 0.15) is 23.2 Å². The maximum absolute atomic E-state index is 12.0. The first-order valence-electron chi connectivity index (χ1n) is 7.42. The lowest BCUT2D eigenvalue weighted by molar-refractivity contribution is 0.0827. The van der Waals surface area contributed by atoms with Crippen molar-refractivity contribution in [3.05, 3.63) is 23.8 Å². The molecule has 1 atom stereocenters. The fourth-order valence-corrected chi connectivity index (χ4v) is 2.83. The molecule has 1 aromatic rings. The van der Waals surface area contributed by atoms with Crippen LogP contribution in [0.4, 0.5) is 11.4 Å². The smallest absolute Gasteiger partial charge is 0.253 e. The number of nitrogens with zero attached hydrogens (tertiary/aromatic N) is 3. The van der Waals surface area contributed by atoms with Crippen LogP contribution in [0, 0.1) is 0 Å². The molecule has 1 fully saturated rings. The summed E-state index contributed by atoms with van der Waals surface area (Å²) in [5.74, 6) is -0.0157. The summed E-state index contributed by atoms with van der Waals surface area (Å²) in [6, 6.07) is 6.19. The quantitative estimate of drug-likeness (QED) is 0.857. The Labute approximate surface area is 127 Å². The molecule has 21 heavy (non-hydrogen) atoms. The van der Waals surface area contributed by atoms with Gasteiger partial charge in [0.25, 0.3) is 5.91 Å². The van der Waals surface area contributed by atoms with E-state index in [0.717, 1.165) is 18.8 Å². The van der Waals surface area contributed by atoms with Gasteiger partial charge < -0.3 is 20.4 Å². The second-order valence-electron chi connectivity index (χ2n) is 6.18. The third-order valence-electron chi connectivity index (χ3n) is 4.15. The SMILES string of the molecule is CN(C)C(=O)c1ccc(N2CCCC(N(C)C)C2)c(N)c1. The predicted octanol–water partition coefficient (Wildman–Crippen LogP) is 1.50.